The first-order chi connectivity index (χ1) is 20.9. The molecule has 1 saturated heterocycles. The Morgan fingerprint density at radius 2 is 1.93 bits per heavy atom. The predicted molar refractivity (Wildman–Crippen MR) is 157 cm³/mol. The topological polar surface area (TPSA) is 151 Å². The van der Waals surface area contributed by atoms with Crippen LogP contribution in [0.25, 0.3) is 11.1 Å². The number of rotatable bonds is 10. The molecule has 3 aromatic rings. The number of cyclic esters (lactones) is 1. The fourth-order valence-corrected chi connectivity index (χ4v) is 5.61. The van der Waals surface area contributed by atoms with Gasteiger partial charge in [0.1, 0.15) is 23.8 Å². The smallest absolute Gasteiger partial charge is 0.415 e. The molecular formula is C31H33N5O7. The van der Waals surface area contributed by atoms with Crippen LogP contribution in [0.2, 0.25) is 0 Å². The van der Waals surface area contributed by atoms with Gasteiger partial charge in [-0.3, -0.25) is 9.69 Å². The molecule has 12 heteroatoms. The zero-order chi connectivity index (χ0) is 29.8. The summed E-state index contributed by atoms with van der Waals surface area (Å²) >= 11 is 0. The van der Waals surface area contributed by atoms with Crippen molar-refractivity contribution in [3.63, 3.8) is 0 Å². The van der Waals surface area contributed by atoms with E-state index in [4.69, 9.17) is 19.3 Å². The van der Waals surface area contributed by atoms with Gasteiger partial charge in [0.2, 0.25) is 0 Å². The van der Waals surface area contributed by atoms with Crippen molar-refractivity contribution in [2.24, 2.45) is 0 Å². The minimum absolute atomic E-state index is 0.0135. The van der Waals surface area contributed by atoms with Gasteiger partial charge < -0.3 is 35.3 Å². The number of carbonyl (C=O) groups is 3. The third-order valence-corrected chi connectivity index (χ3v) is 7.69. The highest BCUT2D eigenvalue weighted by molar-refractivity contribution is 5.95. The maximum Gasteiger partial charge on any atom is 0.415 e. The number of ether oxygens (including phenoxy) is 3. The molecule has 2 fully saturated rings. The van der Waals surface area contributed by atoms with Gasteiger partial charge in [0.05, 0.1) is 6.54 Å². The molecule has 43 heavy (non-hydrogen) atoms. The lowest BCUT2D eigenvalue weighted by molar-refractivity contribution is -0.118. The lowest BCUT2D eigenvalue weighted by Crippen LogP contribution is -2.32. The first-order valence-corrected chi connectivity index (χ1v) is 14.4. The second-order valence-electron chi connectivity index (χ2n) is 10.9. The average molecular weight is 588 g/mol. The van der Waals surface area contributed by atoms with Gasteiger partial charge in [-0.15, -0.1) is 0 Å². The van der Waals surface area contributed by atoms with Gasteiger partial charge in [-0.25, -0.2) is 14.6 Å². The van der Waals surface area contributed by atoms with Crippen molar-refractivity contribution in [1.82, 2.24) is 15.6 Å². The number of pyridine rings is 1. The summed E-state index contributed by atoms with van der Waals surface area (Å²) in [4.78, 5) is 40.9. The summed E-state index contributed by atoms with van der Waals surface area (Å²) in [6.07, 6.45) is 1.12. The molecule has 6 rings (SSSR count). The van der Waals surface area contributed by atoms with E-state index in [2.05, 4.69) is 39.1 Å². The summed E-state index contributed by atoms with van der Waals surface area (Å²) in [5, 5.41) is 17.6. The Morgan fingerprint density at radius 1 is 1.09 bits per heavy atom. The lowest BCUT2D eigenvalue weighted by Gasteiger charge is -2.19. The minimum atomic E-state index is -0.997. The monoisotopic (exact) mass is 587 g/mol. The number of benzene rings is 2. The van der Waals surface area contributed by atoms with E-state index in [9.17, 15) is 14.4 Å². The summed E-state index contributed by atoms with van der Waals surface area (Å²) in [6, 6.07) is 19.5. The Hall–Kier alpha value is -4.84. The minimum Gasteiger partial charge on any atom is -0.490 e. The summed E-state index contributed by atoms with van der Waals surface area (Å²) < 4.78 is 17.1. The van der Waals surface area contributed by atoms with Crippen LogP contribution in [0.4, 0.5) is 21.2 Å². The van der Waals surface area contributed by atoms with Crippen molar-refractivity contribution in [2.45, 2.75) is 50.5 Å². The van der Waals surface area contributed by atoms with Crippen LogP contribution in [0.3, 0.4) is 0 Å². The fraction of sp³-hybridized carbons (Fsp3) is 0.355. The van der Waals surface area contributed by atoms with Crippen molar-refractivity contribution < 1.29 is 33.7 Å². The molecule has 0 radical (unpaired) electrons. The van der Waals surface area contributed by atoms with Crippen LogP contribution in [0.5, 0.6) is 11.5 Å². The second kappa shape index (κ2) is 12.6. The van der Waals surface area contributed by atoms with Gasteiger partial charge in [-0.2, -0.15) is 0 Å². The van der Waals surface area contributed by atoms with E-state index in [-0.39, 0.29) is 30.8 Å². The summed E-state index contributed by atoms with van der Waals surface area (Å²) in [5.41, 5.74) is 3.23. The van der Waals surface area contributed by atoms with Gasteiger partial charge in [-0.1, -0.05) is 30.3 Å². The summed E-state index contributed by atoms with van der Waals surface area (Å²) in [7, 11) is 0. The van der Waals surface area contributed by atoms with Crippen LogP contribution in [0.15, 0.2) is 60.7 Å². The summed E-state index contributed by atoms with van der Waals surface area (Å²) in [6.45, 7) is 1.62. The largest absolute Gasteiger partial charge is 0.490 e. The number of hydrogen-bond donors (Lipinski definition) is 4. The second-order valence-corrected chi connectivity index (χ2v) is 10.9. The third-order valence-electron chi connectivity index (χ3n) is 7.69. The highest BCUT2D eigenvalue weighted by atomic mass is 16.6. The quantitative estimate of drug-likeness (QED) is 0.256. The van der Waals surface area contributed by atoms with E-state index in [0.717, 1.165) is 35.3 Å². The Balaban J connectivity index is 0.983. The standard InChI is InChI=1S/C31H33N5O7/c37-28-18-41-26-9-10-27(34-29(26)35-28)36-17-25(43-31(36)40)11-12-32-16-19-3-1-4-20(13-19)21-5-2-6-23(14-21)42-24-8-7-22(15-24)33-30(38)39/h1-6,9-10,13-14,22,24-25,32-33H,7-8,11-12,15-18H2,(H,38,39)(H,34,35,37)/t22-,24-,25+/m1/s1. The van der Waals surface area contributed by atoms with Crippen molar-refractivity contribution >= 4 is 29.7 Å². The van der Waals surface area contributed by atoms with E-state index in [1.165, 1.54) is 4.90 Å². The number of nitrogens with zero attached hydrogens (tertiary/aromatic N) is 2. The first-order valence-electron chi connectivity index (χ1n) is 14.4. The molecule has 3 aliphatic rings. The van der Waals surface area contributed by atoms with Crippen molar-refractivity contribution in [2.75, 3.05) is 29.9 Å². The van der Waals surface area contributed by atoms with E-state index < -0.39 is 12.2 Å². The average Bonchev–Trinajstić information content (AvgIpc) is 3.60. The van der Waals surface area contributed by atoms with Crippen molar-refractivity contribution in [3.8, 4) is 22.6 Å². The Morgan fingerprint density at radius 3 is 2.79 bits per heavy atom. The number of fused-ring (bicyclic) bond motifs is 1. The van der Waals surface area contributed by atoms with Crippen LogP contribution in [-0.2, 0) is 16.1 Å². The van der Waals surface area contributed by atoms with Crippen molar-refractivity contribution in [3.05, 3.63) is 66.2 Å². The molecule has 2 aliphatic heterocycles. The zero-order valence-corrected chi connectivity index (χ0v) is 23.5. The highest BCUT2D eigenvalue weighted by Crippen LogP contribution is 2.31. The molecular weight excluding hydrogens is 554 g/mol. The molecule has 12 nitrogen and oxygen atoms in total. The molecule has 1 aliphatic carbocycles. The van der Waals surface area contributed by atoms with Gasteiger partial charge in [0, 0.05) is 19.0 Å². The molecule has 0 unspecified atom stereocenters. The van der Waals surface area contributed by atoms with Crippen molar-refractivity contribution in [1.29, 1.82) is 0 Å². The molecule has 3 amide bonds. The maximum atomic E-state index is 12.5. The van der Waals surface area contributed by atoms with Gasteiger partial charge in [0.25, 0.3) is 5.91 Å². The number of anilines is 2. The van der Waals surface area contributed by atoms with Crippen LogP contribution < -0.4 is 30.3 Å². The molecule has 4 N–H and O–H groups in total. The maximum absolute atomic E-state index is 12.5. The Labute approximate surface area is 248 Å². The van der Waals surface area contributed by atoms with Gasteiger partial charge >= 0.3 is 12.2 Å². The van der Waals surface area contributed by atoms with Crippen LogP contribution in [0, 0.1) is 0 Å². The van der Waals surface area contributed by atoms with E-state index in [1.54, 1.807) is 12.1 Å². The normalized spacial score (nSPS) is 21.0. The fourth-order valence-electron chi connectivity index (χ4n) is 5.61. The number of carboxylic acid groups (broad SMARTS) is 1. The van der Waals surface area contributed by atoms with Gasteiger partial charge in [0.15, 0.2) is 18.2 Å². The lowest BCUT2D eigenvalue weighted by atomic mass is 10.0. The first kappa shape index (κ1) is 28.3. The predicted octanol–water partition coefficient (Wildman–Crippen LogP) is 4.15. The number of nitrogens with one attached hydrogen (secondary N) is 3. The molecule has 1 aromatic heterocycles. The van der Waals surface area contributed by atoms with Crippen LogP contribution in [0.1, 0.15) is 31.2 Å². The number of hydrogen-bond acceptors (Lipinski definition) is 8. The number of aromatic nitrogens is 1. The third kappa shape index (κ3) is 6.97. The van der Waals surface area contributed by atoms with Crippen LogP contribution >= 0.6 is 0 Å². The van der Waals surface area contributed by atoms with Crippen LogP contribution in [-0.4, -0.2) is 66.1 Å². The van der Waals surface area contributed by atoms with E-state index in [1.807, 2.05) is 30.3 Å². The van der Waals surface area contributed by atoms with E-state index in [0.29, 0.717) is 49.9 Å². The zero-order valence-electron chi connectivity index (χ0n) is 23.5. The molecule has 0 bridgehead atoms. The van der Waals surface area contributed by atoms with E-state index >= 15 is 0 Å². The molecule has 3 heterocycles. The molecule has 3 atom stereocenters. The molecule has 1 saturated carbocycles. The molecule has 224 valence electrons. The SMILES string of the molecule is O=C(O)N[C@@H]1CC[C@@H](Oc2cccc(-c3cccc(CNCC[C@H]4CN(c5ccc6c(n5)NC(=O)CO6)C(=O)O4)c3)c2)C1. The number of carbonyl (C=O) groups excluding carboxylic acids is 2. The highest BCUT2D eigenvalue weighted by Gasteiger charge is 2.33. The Kier molecular flexibility index (Phi) is 8.27. The molecule has 0 spiro atoms. The summed E-state index contributed by atoms with van der Waals surface area (Å²) in [5.74, 6) is 1.65. The number of amides is 3. The van der Waals surface area contributed by atoms with Gasteiger partial charge in [-0.05, 0) is 72.8 Å². The Bertz CT molecular complexity index is 1520. The molecule has 2 aromatic carbocycles.